The van der Waals surface area contributed by atoms with E-state index in [2.05, 4.69) is 41.0 Å². The highest BCUT2D eigenvalue weighted by atomic mass is 16.2. The van der Waals surface area contributed by atoms with Gasteiger partial charge in [-0.1, -0.05) is 24.3 Å². The molecule has 230 valence electrons. The highest BCUT2D eigenvalue weighted by molar-refractivity contribution is 5.99. The van der Waals surface area contributed by atoms with Crippen molar-refractivity contribution in [2.24, 2.45) is 17.6 Å². The van der Waals surface area contributed by atoms with Crippen molar-refractivity contribution in [3.05, 3.63) is 70.8 Å². The van der Waals surface area contributed by atoms with E-state index in [0.29, 0.717) is 41.4 Å². The van der Waals surface area contributed by atoms with Gasteiger partial charge >= 0.3 is 0 Å². The Morgan fingerprint density at radius 1 is 0.977 bits per heavy atom. The molecule has 12 nitrogen and oxygen atoms in total. The molecule has 3 heterocycles. The first-order valence-electron chi connectivity index (χ1n) is 15.4. The molecule has 0 bridgehead atoms. The summed E-state index contributed by atoms with van der Waals surface area (Å²) in [5.74, 6) is 0.574. The van der Waals surface area contributed by atoms with Crippen LogP contribution in [0.3, 0.4) is 0 Å². The minimum absolute atomic E-state index is 0.112. The average Bonchev–Trinajstić information content (AvgIpc) is 3.44. The zero-order valence-corrected chi connectivity index (χ0v) is 24.6. The normalized spacial score (nSPS) is 19.4. The molecule has 0 unspecified atom stereocenters. The van der Waals surface area contributed by atoms with E-state index in [1.165, 1.54) is 0 Å². The smallest absolute Gasteiger partial charge is 0.271 e. The highest BCUT2D eigenvalue weighted by Crippen LogP contribution is 2.28. The number of aromatic nitrogens is 4. The fourth-order valence-electron chi connectivity index (χ4n) is 6.12. The van der Waals surface area contributed by atoms with Crippen molar-refractivity contribution in [2.45, 2.75) is 38.1 Å². The largest absolute Gasteiger partial charge is 0.344 e. The van der Waals surface area contributed by atoms with Crippen molar-refractivity contribution < 1.29 is 9.59 Å². The molecule has 44 heavy (non-hydrogen) atoms. The van der Waals surface area contributed by atoms with Gasteiger partial charge in [0.25, 0.3) is 5.56 Å². The highest BCUT2D eigenvalue weighted by Gasteiger charge is 2.29. The fraction of sp³-hybridized carbons (Fsp3) is 0.406. The van der Waals surface area contributed by atoms with E-state index in [1.54, 1.807) is 18.2 Å². The van der Waals surface area contributed by atoms with Gasteiger partial charge in [0, 0.05) is 62.2 Å². The van der Waals surface area contributed by atoms with Gasteiger partial charge in [0.2, 0.25) is 17.8 Å². The predicted octanol–water partition coefficient (Wildman–Crippen LogP) is 2.15. The third-order valence-electron chi connectivity index (χ3n) is 8.76. The lowest BCUT2D eigenvalue weighted by atomic mass is 9.81. The zero-order valence-electron chi connectivity index (χ0n) is 24.6. The number of carbonyl (C=O) groups excluding carboxylic acids is 2. The Hall–Kier alpha value is -4.55. The molecule has 2 aliphatic rings. The first-order chi connectivity index (χ1) is 21.5. The molecular formula is C32H39N9O3. The number of piperazine rings is 1. The molecule has 4 aromatic rings. The van der Waals surface area contributed by atoms with Crippen LogP contribution in [-0.2, 0) is 16.0 Å². The quantitative estimate of drug-likeness (QED) is 0.170. The SMILES string of the molecule is NCC1CCC(C(=O)N[C@@H](Cc2cccc(-c3cnc(N4CCNCC4)nc3)c2)C(=O)Nc2ccc3c(=O)[nH][nH]c3c2)CC1. The third kappa shape index (κ3) is 6.81. The van der Waals surface area contributed by atoms with E-state index in [-0.39, 0.29) is 23.3 Å². The molecule has 1 saturated carbocycles. The average molecular weight is 598 g/mol. The van der Waals surface area contributed by atoms with Gasteiger partial charge in [-0.25, -0.2) is 9.97 Å². The van der Waals surface area contributed by atoms with Crippen LogP contribution in [0.15, 0.2) is 59.7 Å². The van der Waals surface area contributed by atoms with Crippen molar-refractivity contribution in [1.82, 2.24) is 30.8 Å². The molecule has 1 aliphatic carbocycles. The molecule has 7 N–H and O–H groups in total. The van der Waals surface area contributed by atoms with Crippen LogP contribution in [0, 0.1) is 11.8 Å². The number of hydrogen-bond donors (Lipinski definition) is 6. The predicted molar refractivity (Wildman–Crippen MR) is 170 cm³/mol. The molecule has 2 aromatic heterocycles. The van der Waals surface area contributed by atoms with Gasteiger partial charge in [0.15, 0.2) is 0 Å². The number of H-pyrrole nitrogens is 2. The van der Waals surface area contributed by atoms with E-state index in [9.17, 15) is 14.4 Å². The maximum Gasteiger partial charge on any atom is 0.271 e. The van der Waals surface area contributed by atoms with Crippen molar-refractivity contribution in [1.29, 1.82) is 0 Å². The number of nitrogens with zero attached hydrogens (tertiary/aromatic N) is 3. The van der Waals surface area contributed by atoms with E-state index in [0.717, 1.165) is 68.6 Å². The lowest BCUT2D eigenvalue weighted by Crippen LogP contribution is -2.48. The first kappa shape index (κ1) is 29.5. The molecule has 6 rings (SSSR count). The molecule has 2 aromatic carbocycles. The summed E-state index contributed by atoms with van der Waals surface area (Å²) < 4.78 is 0. The number of rotatable bonds is 9. The first-order valence-corrected chi connectivity index (χ1v) is 15.4. The number of anilines is 2. The van der Waals surface area contributed by atoms with Crippen LogP contribution in [0.2, 0.25) is 0 Å². The van der Waals surface area contributed by atoms with Crippen LogP contribution >= 0.6 is 0 Å². The fourth-order valence-corrected chi connectivity index (χ4v) is 6.12. The van der Waals surface area contributed by atoms with E-state index in [4.69, 9.17) is 5.73 Å². The monoisotopic (exact) mass is 597 g/mol. The number of amides is 2. The van der Waals surface area contributed by atoms with Gasteiger partial charge in [-0.15, -0.1) is 0 Å². The summed E-state index contributed by atoms with van der Waals surface area (Å²) >= 11 is 0. The standard InChI is InChI=1S/C32H39N9O3/c33-17-20-4-6-22(7-5-20)29(42)38-28(31(44)37-25-8-9-26-27(16-25)39-40-30(26)43)15-21-2-1-3-23(14-21)24-18-35-32(36-19-24)41-12-10-34-11-13-41/h1-3,8-9,14,16,18-20,22,28,34H,4-7,10-13,15,17,33H2,(H,37,44)(H,38,42)(H2,39,40,43)/t20?,22?,28-/m0/s1. The number of nitrogens with one attached hydrogen (secondary N) is 5. The Balaban J connectivity index is 1.19. The molecular weight excluding hydrogens is 558 g/mol. The molecule has 0 spiro atoms. The molecule has 1 aliphatic heterocycles. The Bertz CT molecular complexity index is 1650. The van der Waals surface area contributed by atoms with E-state index >= 15 is 0 Å². The van der Waals surface area contributed by atoms with Crippen LogP contribution in [0.4, 0.5) is 11.6 Å². The van der Waals surface area contributed by atoms with Gasteiger partial charge < -0.3 is 26.6 Å². The molecule has 1 atom stereocenters. The summed E-state index contributed by atoms with van der Waals surface area (Å²) in [4.78, 5) is 50.3. The zero-order chi connectivity index (χ0) is 30.5. The summed E-state index contributed by atoms with van der Waals surface area (Å²) in [6, 6.07) is 12.1. The molecule has 0 radical (unpaired) electrons. The van der Waals surface area contributed by atoms with Crippen LogP contribution < -0.4 is 32.1 Å². The Kier molecular flexibility index (Phi) is 8.99. The van der Waals surface area contributed by atoms with Gasteiger partial charge in [-0.3, -0.25) is 24.6 Å². The van der Waals surface area contributed by atoms with E-state index < -0.39 is 6.04 Å². The summed E-state index contributed by atoms with van der Waals surface area (Å²) in [7, 11) is 0. The van der Waals surface area contributed by atoms with Crippen LogP contribution in [0.5, 0.6) is 0 Å². The summed E-state index contributed by atoms with van der Waals surface area (Å²) in [5.41, 5.74) is 9.44. The van der Waals surface area contributed by atoms with Crippen molar-refractivity contribution in [2.75, 3.05) is 42.9 Å². The topological polar surface area (TPSA) is 174 Å². The summed E-state index contributed by atoms with van der Waals surface area (Å²) in [6.45, 7) is 4.20. The Morgan fingerprint density at radius 3 is 2.50 bits per heavy atom. The summed E-state index contributed by atoms with van der Waals surface area (Å²) in [6.07, 6.45) is 7.31. The van der Waals surface area contributed by atoms with Gasteiger partial charge in [0.1, 0.15) is 6.04 Å². The second-order valence-electron chi connectivity index (χ2n) is 11.8. The van der Waals surface area contributed by atoms with Crippen LogP contribution in [-0.4, -0.2) is 70.7 Å². The minimum Gasteiger partial charge on any atom is -0.344 e. The van der Waals surface area contributed by atoms with E-state index in [1.807, 2.05) is 36.7 Å². The number of carbonyl (C=O) groups is 2. The maximum atomic E-state index is 13.7. The number of fused-ring (bicyclic) bond motifs is 1. The number of hydrogen-bond acceptors (Lipinski definition) is 8. The number of benzene rings is 2. The lowest BCUT2D eigenvalue weighted by Gasteiger charge is -2.28. The van der Waals surface area contributed by atoms with Crippen LogP contribution in [0.1, 0.15) is 31.2 Å². The van der Waals surface area contributed by atoms with Gasteiger partial charge in [0.05, 0.1) is 10.9 Å². The number of nitrogens with two attached hydrogens (primary N) is 1. The van der Waals surface area contributed by atoms with Crippen molar-refractivity contribution in [3.8, 4) is 11.1 Å². The molecule has 2 amide bonds. The van der Waals surface area contributed by atoms with Gasteiger partial charge in [-0.2, -0.15) is 0 Å². The molecule has 12 heteroatoms. The second-order valence-corrected chi connectivity index (χ2v) is 11.8. The Morgan fingerprint density at radius 2 is 1.75 bits per heavy atom. The Labute approximate surface area is 255 Å². The second kappa shape index (κ2) is 13.4. The van der Waals surface area contributed by atoms with Crippen molar-refractivity contribution >= 4 is 34.4 Å². The number of aromatic amines is 2. The van der Waals surface area contributed by atoms with Crippen molar-refractivity contribution in [3.63, 3.8) is 0 Å². The maximum absolute atomic E-state index is 13.7. The minimum atomic E-state index is -0.808. The molecule has 2 fully saturated rings. The molecule has 1 saturated heterocycles. The third-order valence-corrected chi connectivity index (χ3v) is 8.76. The summed E-state index contributed by atoms with van der Waals surface area (Å²) in [5, 5.41) is 15.2. The van der Waals surface area contributed by atoms with Gasteiger partial charge in [-0.05, 0) is 67.5 Å². The lowest BCUT2D eigenvalue weighted by molar-refractivity contribution is -0.130. The van der Waals surface area contributed by atoms with Crippen LogP contribution in [0.25, 0.3) is 22.0 Å².